The fourth-order valence-corrected chi connectivity index (χ4v) is 2.13. The topological polar surface area (TPSA) is 103 Å². The summed E-state index contributed by atoms with van der Waals surface area (Å²) in [6.07, 6.45) is 0.542. The molecule has 8 nitrogen and oxygen atoms in total. The van der Waals surface area contributed by atoms with Crippen LogP contribution >= 0.6 is 0 Å². The van der Waals surface area contributed by atoms with Crippen LogP contribution in [0, 0.1) is 0 Å². The first kappa shape index (κ1) is 17.5. The largest absolute Gasteiger partial charge is 0.461 e. The van der Waals surface area contributed by atoms with Gasteiger partial charge in [0.05, 0.1) is 6.61 Å². The van der Waals surface area contributed by atoms with E-state index in [-0.39, 0.29) is 11.8 Å². The maximum Gasteiger partial charge on any atom is 0.320 e. The summed E-state index contributed by atoms with van der Waals surface area (Å²) in [5.74, 6) is 0.616. The summed E-state index contributed by atoms with van der Waals surface area (Å²) >= 11 is 0. The zero-order valence-corrected chi connectivity index (χ0v) is 13.7. The maximum absolute atomic E-state index is 10.9. The van der Waals surface area contributed by atoms with Gasteiger partial charge in [0.1, 0.15) is 12.3 Å². The number of nitrogens with two attached hydrogens (primary N) is 1. The van der Waals surface area contributed by atoms with E-state index >= 15 is 0 Å². The third-order valence-electron chi connectivity index (χ3n) is 3.24. The number of aromatic nitrogens is 2. The quantitative estimate of drug-likeness (QED) is 0.527. The van der Waals surface area contributed by atoms with Gasteiger partial charge in [-0.25, -0.2) is 0 Å². The second-order valence-corrected chi connectivity index (χ2v) is 5.04. The lowest BCUT2D eigenvalue weighted by atomic mass is 10.2. The van der Waals surface area contributed by atoms with E-state index in [1.165, 1.54) is 0 Å². The molecular weight excluding hydrogens is 310 g/mol. The summed E-state index contributed by atoms with van der Waals surface area (Å²) in [4.78, 5) is 21.1. The van der Waals surface area contributed by atoms with Gasteiger partial charge in [-0.1, -0.05) is 30.3 Å². The molecule has 0 aliphatic carbocycles. The van der Waals surface area contributed by atoms with Crippen LogP contribution in [-0.4, -0.2) is 43.7 Å². The average Bonchev–Trinajstić information content (AvgIpc) is 2.58. The lowest BCUT2D eigenvalue weighted by Gasteiger charge is -2.22. The summed E-state index contributed by atoms with van der Waals surface area (Å²) < 4.78 is 10.4. The minimum Gasteiger partial charge on any atom is -0.461 e. The van der Waals surface area contributed by atoms with E-state index in [9.17, 15) is 4.79 Å². The molecule has 1 aromatic carbocycles. The molecule has 0 radical (unpaired) electrons. The Kier molecular flexibility index (Phi) is 6.32. The molecule has 0 fully saturated rings. The Morgan fingerprint density at radius 3 is 2.67 bits per heavy atom. The SMILES string of the molecule is COCCOc1nc(N)c(NC=O)c(N(C)Cc2ccccc2)n1. The maximum atomic E-state index is 10.9. The monoisotopic (exact) mass is 331 g/mol. The number of methoxy groups -OCH3 is 1. The van der Waals surface area contributed by atoms with Crippen molar-refractivity contribution in [1.82, 2.24) is 9.97 Å². The molecule has 0 atom stereocenters. The average molecular weight is 331 g/mol. The van der Waals surface area contributed by atoms with Gasteiger partial charge < -0.3 is 25.4 Å². The molecule has 8 heteroatoms. The molecule has 1 amide bonds. The van der Waals surface area contributed by atoms with Crippen LogP contribution in [0.1, 0.15) is 5.56 Å². The van der Waals surface area contributed by atoms with Crippen molar-refractivity contribution < 1.29 is 14.3 Å². The van der Waals surface area contributed by atoms with Gasteiger partial charge >= 0.3 is 6.01 Å². The molecule has 2 aromatic rings. The van der Waals surface area contributed by atoms with Crippen molar-refractivity contribution in [1.29, 1.82) is 0 Å². The van der Waals surface area contributed by atoms with Crippen LogP contribution in [0.5, 0.6) is 6.01 Å². The number of anilines is 3. The van der Waals surface area contributed by atoms with Crippen molar-refractivity contribution in [2.45, 2.75) is 6.54 Å². The van der Waals surface area contributed by atoms with Gasteiger partial charge in [0.2, 0.25) is 6.41 Å². The minimum absolute atomic E-state index is 0.135. The van der Waals surface area contributed by atoms with Gasteiger partial charge in [0, 0.05) is 20.7 Å². The third kappa shape index (κ3) is 4.56. The molecule has 0 saturated heterocycles. The molecule has 2 rings (SSSR count). The summed E-state index contributed by atoms with van der Waals surface area (Å²) in [5.41, 5.74) is 7.38. The summed E-state index contributed by atoms with van der Waals surface area (Å²) in [7, 11) is 3.43. The molecule has 0 spiro atoms. The number of carbonyl (C=O) groups excluding carboxylic acids is 1. The Hall–Kier alpha value is -2.87. The highest BCUT2D eigenvalue weighted by molar-refractivity contribution is 5.86. The van der Waals surface area contributed by atoms with Crippen molar-refractivity contribution in [3.63, 3.8) is 0 Å². The van der Waals surface area contributed by atoms with Crippen LogP contribution in [0.25, 0.3) is 0 Å². The highest BCUT2D eigenvalue weighted by atomic mass is 16.5. The summed E-state index contributed by atoms with van der Waals surface area (Å²) in [6.45, 7) is 1.30. The number of hydrogen-bond donors (Lipinski definition) is 2. The van der Waals surface area contributed by atoms with Crippen LogP contribution in [0.15, 0.2) is 30.3 Å². The van der Waals surface area contributed by atoms with E-state index in [2.05, 4.69) is 15.3 Å². The Morgan fingerprint density at radius 2 is 2.00 bits per heavy atom. The van der Waals surface area contributed by atoms with Crippen molar-refractivity contribution in [3.05, 3.63) is 35.9 Å². The predicted octanol–water partition coefficient (Wildman–Crippen LogP) is 1.29. The van der Waals surface area contributed by atoms with Gasteiger partial charge in [-0.3, -0.25) is 4.79 Å². The zero-order chi connectivity index (χ0) is 17.4. The molecule has 0 saturated carbocycles. The van der Waals surface area contributed by atoms with Gasteiger partial charge in [-0.15, -0.1) is 0 Å². The zero-order valence-electron chi connectivity index (χ0n) is 13.7. The lowest BCUT2D eigenvalue weighted by Crippen LogP contribution is -2.21. The number of nitrogens with one attached hydrogen (secondary N) is 1. The molecular formula is C16H21N5O3. The van der Waals surface area contributed by atoms with Crippen LogP contribution in [0.2, 0.25) is 0 Å². The van der Waals surface area contributed by atoms with Crippen LogP contribution in [0.4, 0.5) is 17.3 Å². The predicted molar refractivity (Wildman–Crippen MR) is 92.1 cm³/mol. The Balaban J connectivity index is 2.27. The van der Waals surface area contributed by atoms with Crippen molar-refractivity contribution in [3.8, 4) is 6.01 Å². The van der Waals surface area contributed by atoms with Crippen molar-refractivity contribution in [2.24, 2.45) is 0 Å². The van der Waals surface area contributed by atoms with E-state index < -0.39 is 0 Å². The second kappa shape index (κ2) is 8.68. The highest BCUT2D eigenvalue weighted by Gasteiger charge is 2.17. The van der Waals surface area contributed by atoms with Gasteiger partial charge in [-0.05, 0) is 5.56 Å². The second-order valence-electron chi connectivity index (χ2n) is 5.04. The van der Waals surface area contributed by atoms with Gasteiger partial charge in [-0.2, -0.15) is 9.97 Å². The smallest absolute Gasteiger partial charge is 0.320 e. The first-order valence-corrected chi connectivity index (χ1v) is 7.40. The number of nitrogen functional groups attached to an aromatic ring is 1. The molecule has 24 heavy (non-hydrogen) atoms. The number of carbonyl (C=O) groups is 1. The standard InChI is InChI=1S/C16H21N5O3/c1-21(10-12-6-4-3-5-7-12)15-13(18-11-22)14(17)19-16(20-15)24-9-8-23-2/h3-7,11H,8-10H2,1-2H3,(H,18,22)(H2,17,19,20). The first-order valence-electron chi connectivity index (χ1n) is 7.40. The Morgan fingerprint density at radius 1 is 1.25 bits per heavy atom. The molecule has 0 aliphatic heterocycles. The number of ether oxygens (including phenoxy) is 2. The van der Waals surface area contributed by atoms with E-state index in [4.69, 9.17) is 15.2 Å². The number of amides is 1. The molecule has 1 heterocycles. The summed E-state index contributed by atoms with van der Waals surface area (Å²) in [6, 6.07) is 10.0. The van der Waals surface area contributed by atoms with E-state index in [0.29, 0.717) is 37.7 Å². The number of benzene rings is 1. The fourth-order valence-electron chi connectivity index (χ4n) is 2.13. The number of nitrogens with zero attached hydrogens (tertiary/aromatic N) is 3. The van der Waals surface area contributed by atoms with Crippen molar-refractivity contribution >= 4 is 23.7 Å². The normalized spacial score (nSPS) is 10.2. The minimum atomic E-state index is 0.135. The van der Waals surface area contributed by atoms with Crippen LogP contribution in [-0.2, 0) is 16.1 Å². The first-order chi connectivity index (χ1) is 11.7. The Bertz CT molecular complexity index is 666. The molecule has 0 aliphatic rings. The van der Waals surface area contributed by atoms with Crippen molar-refractivity contribution in [2.75, 3.05) is 43.3 Å². The molecule has 128 valence electrons. The van der Waals surface area contributed by atoms with Crippen LogP contribution < -0.4 is 20.7 Å². The van der Waals surface area contributed by atoms with E-state index in [1.54, 1.807) is 7.11 Å². The van der Waals surface area contributed by atoms with E-state index in [0.717, 1.165) is 5.56 Å². The molecule has 0 bridgehead atoms. The Labute approximate surface area is 140 Å². The number of hydrogen-bond acceptors (Lipinski definition) is 7. The lowest BCUT2D eigenvalue weighted by molar-refractivity contribution is -0.105. The molecule has 0 unspecified atom stereocenters. The summed E-state index contributed by atoms with van der Waals surface area (Å²) in [5, 5.41) is 2.55. The highest BCUT2D eigenvalue weighted by Crippen LogP contribution is 2.30. The molecule has 1 aromatic heterocycles. The fraction of sp³-hybridized carbons (Fsp3) is 0.312. The third-order valence-corrected chi connectivity index (χ3v) is 3.24. The van der Waals surface area contributed by atoms with Crippen LogP contribution in [0.3, 0.4) is 0 Å². The number of rotatable bonds is 9. The van der Waals surface area contributed by atoms with E-state index in [1.807, 2.05) is 42.3 Å². The van der Waals surface area contributed by atoms with Gasteiger partial charge in [0.25, 0.3) is 0 Å². The molecule has 3 N–H and O–H groups in total. The van der Waals surface area contributed by atoms with Gasteiger partial charge in [0.15, 0.2) is 11.6 Å².